The highest BCUT2D eigenvalue weighted by atomic mass is 127. The number of carbonyl (C=O) groups is 1. The summed E-state index contributed by atoms with van der Waals surface area (Å²) < 4.78 is 5.20. The molecule has 1 N–H and O–H groups in total. The Labute approximate surface area is 187 Å². The van der Waals surface area contributed by atoms with Gasteiger partial charge in [-0.15, -0.1) is 24.0 Å². The third-order valence-corrected chi connectivity index (χ3v) is 4.90. The molecule has 0 atom stereocenters. The van der Waals surface area contributed by atoms with Crippen LogP contribution in [-0.4, -0.2) is 61.4 Å². The van der Waals surface area contributed by atoms with Crippen molar-refractivity contribution in [2.45, 2.75) is 12.8 Å². The van der Waals surface area contributed by atoms with E-state index in [0.717, 1.165) is 43.5 Å². The van der Waals surface area contributed by atoms with Gasteiger partial charge >= 0.3 is 0 Å². The van der Waals surface area contributed by atoms with Gasteiger partial charge < -0.3 is 19.5 Å². The van der Waals surface area contributed by atoms with Gasteiger partial charge in [-0.05, 0) is 42.7 Å². The summed E-state index contributed by atoms with van der Waals surface area (Å²) in [6.07, 6.45) is 3.53. The Kier molecular flexibility index (Phi) is 9.11. The van der Waals surface area contributed by atoms with E-state index in [1.54, 1.807) is 19.2 Å². The zero-order valence-electron chi connectivity index (χ0n) is 15.9. The highest BCUT2D eigenvalue weighted by Gasteiger charge is 2.24. The zero-order chi connectivity index (χ0) is 19.1. The molecule has 0 radical (unpaired) electrons. The molecule has 1 aliphatic rings. The molecule has 1 saturated heterocycles. The van der Waals surface area contributed by atoms with Crippen molar-refractivity contribution in [1.29, 1.82) is 0 Å². The van der Waals surface area contributed by atoms with Gasteiger partial charge in [0, 0.05) is 44.8 Å². The molecule has 152 valence electrons. The summed E-state index contributed by atoms with van der Waals surface area (Å²) in [5.41, 5.74) is 1.28. The Balaban J connectivity index is 0.00000280. The van der Waals surface area contributed by atoms with Crippen LogP contribution < -0.4 is 5.32 Å². The molecular weight excluding hydrogens is 491 g/mol. The fourth-order valence-corrected chi connectivity index (χ4v) is 3.28. The minimum Gasteiger partial charge on any atom is -0.459 e. The van der Waals surface area contributed by atoms with Gasteiger partial charge in [0.15, 0.2) is 11.7 Å². The number of furan rings is 1. The van der Waals surface area contributed by atoms with Crippen LogP contribution in [0.4, 0.5) is 0 Å². The molecular formula is C20H26ClIN4O2. The van der Waals surface area contributed by atoms with Crippen LogP contribution in [0.25, 0.3) is 0 Å². The summed E-state index contributed by atoms with van der Waals surface area (Å²) in [5, 5.41) is 4.19. The van der Waals surface area contributed by atoms with Crippen molar-refractivity contribution < 1.29 is 9.21 Å². The van der Waals surface area contributed by atoms with Gasteiger partial charge in [0.1, 0.15) is 0 Å². The van der Waals surface area contributed by atoms with E-state index >= 15 is 0 Å². The second-order valence-corrected chi connectivity index (χ2v) is 6.90. The maximum Gasteiger partial charge on any atom is 0.289 e. The average molecular weight is 517 g/mol. The first kappa shape index (κ1) is 22.5. The number of aryl methyl sites for hydroxylation is 1. The van der Waals surface area contributed by atoms with Crippen LogP contribution in [0.5, 0.6) is 0 Å². The van der Waals surface area contributed by atoms with Crippen LogP contribution >= 0.6 is 35.6 Å². The van der Waals surface area contributed by atoms with E-state index in [-0.39, 0.29) is 29.9 Å². The minimum absolute atomic E-state index is 0. The topological polar surface area (TPSA) is 61.1 Å². The maximum atomic E-state index is 12.3. The molecule has 2 aromatic rings. The molecule has 0 spiro atoms. The Morgan fingerprint density at radius 2 is 1.82 bits per heavy atom. The fraction of sp³-hybridized carbons (Fsp3) is 0.400. The monoisotopic (exact) mass is 516 g/mol. The molecule has 8 heteroatoms. The normalized spacial score (nSPS) is 14.6. The van der Waals surface area contributed by atoms with E-state index in [9.17, 15) is 4.79 Å². The fourth-order valence-electron chi connectivity index (χ4n) is 3.15. The summed E-state index contributed by atoms with van der Waals surface area (Å²) in [6.45, 7) is 3.67. The Bertz CT molecular complexity index is 757. The third-order valence-electron chi connectivity index (χ3n) is 4.65. The standard InChI is InChI=1S/C20H25ClN4O2.HI/c1-22-20(23-10-2-4-16-6-8-17(21)9-7-16)25-13-11-24(12-14-25)19(26)18-5-3-15-27-18;/h3,5-9,15H,2,4,10-14H2,1H3,(H,22,23);1H. The van der Waals surface area contributed by atoms with Crippen LogP contribution in [0.15, 0.2) is 52.1 Å². The predicted octanol–water partition coefficient (Wildman–Crippen LogP) is 3.52. The molecule has 1 fully saturated rings. The molecule has 0 aliphatic carbocycles. The summed E-state index contributed by atoms with van der Waals surface area (Å²) in [6, 6.07) is 11.4. The number of rotatable bonds is 5. The maximum absolute atomic E-state index is 12.3. The van der Waals surface area contributed by atoms with E-state index in [1.165, 1.54) is 11.8 Å². The van der Waals surface area contributed by atoms with Gasteiger partial charge in [0.25, 0.3) is 5.91 Å². The van der Waals surface area contributed by atoms with Crippen molar-refractivity contribution in [1.82, 2.24) is 15.1 Å². The van der Waals surface area contributed by atoms with Crippen molar-refractivity contribution in [2.24, 2.45) is 4.99 Å². The first-order valence-corrected chi connectivity index (χ1v) is 9.58. The Hall–Kier alpha value is -1.74. The van der Waals surface area contributed by atoms with Crippen LogP contribution in [0.2, 0.25) is 5.02 Å². The van der Waals surface area contributed by atoms with Crippen molar-refractivity contribution in [3.05, 3.63) is 59.0 Å². The Morgan fingerprint density at radius 1 is 1.14 bits per heavy atom. The highest BCUT2D eigenvalue weighted by molar-refractivity contribution is 14.0. The molecule has 0 bridgehead atoms. The van der Waals surface area contributed by atoms with Crippen LogP contribution in [-0.2, 0) is 6.42 Å². The molecule has 1 aromatic heterocycles. The first-order valence-electron chi connectivity index (χ1n) is 9.20. The highest BCUT2D eigenvalue weighted by Crippen LogP contribution is 2.11. The van der Waals surface area contributed by atoms with Crippen molar-refractivity contribution >= 4 is 47.4 Å². The molecule has 28 heavy (non-hydrogen) atoms. The Morgan fingerprint density at radius 3 is 2.43 bits per heavy atom. The molecule has 0 unspecified atom stereocenters. The molecule has 1 aliphatic heterocycles. The number of carbonyl (C=O) groups excluding carboxylic acids is 1. The number of benzene rings is 1. The smallest absolute Gasteiger partial charge is 0.289 e. The number of nitrogens with zero attached hydrogens (tertiary/aromatic N) is 3. The number of piperazine rings is 1. The third kappa shape index (κ3) is 6.13. The van der Waals surface area contributed by atoms with Crippen LogP contribution in [0.1, 0.15) is 22.5 Å². The van der Waals surface area contributed by atoms with Crippen molar-refractivity contribution in [3.63, 3.8) is 0 Å². The number of hydrogen-bond acceptors (Lipinski definition) is 3. The van der Waals surface area contributed by atoms with Crippen molar-refractivity contribution in [3.8, 4) is 0 Å². The quantitative estimate of drug-likeness (QED) is 0.286. The number of halogens is 2. The summed E-state index contributed by atoms with van der Waals surface area (Å²) >= 11 is 5.91. The lowest BCUT2D eigenvalue weighted by molar-refractivity contribution is 0.0658. The van der Waals surface area contributed by atoms with Gasteiger partial charge in [-0.2, -0.15) is 0 Å². The molecule has 0 saturated carbocycles. The number of nitrogens with one attached hydrogen (secondary N) is 1. The number of aliphatic imine (C=N–C) groups is 1. The SMILES string of the molecule is CN=C(NCCCc1ccc(Cl)cc1)N1CCN(C(=O)c2ccco2)CC1.I. The van der Waals surface area contributed by atoms with Crippen molar-refractivity contribution in [2.75, 3.05) is 39.8 Å². The first-order chi connectivity index (χ1) is 13.2. The predicted molar refractivity (Wildman–Crippen MR) is 123 cm³/mol. The lowest BCUT2D eigenvalue weighted by atomic mass is 10.1. The minimum atomic E-state index is -0.0504. The second-order valence-electron chi connectivity index (χ2n) is 6.46. The van der Waals surface area contributed by atoms with Gasteiger partial charge in [-0.3, -0.25) is 9.79 Å². The average Bonchev–Trinajstić information content (AvgIpc) is 3.24. The van der Waals surface area contributed by atoms with Gasteiger partial charge in [-0.1, -0.05) is 23.7 Å². The van der Waals surface area contributed by atoms with Crippen LogP contribution in [0, 0.1) is 0 Å². The molecule has 3 rings (SSSR count). The lowest BCUT2D eigenvalue weighted by Crippen LogP contribution is -2.53. The molecule has 6 nitrogen and oxygen atoms in total. The van der Waals surface area contributed by atoms with E-state index in [4.69, 9.17) is 16.0 Å². The van der Waals surface area contributed by atoms with E-state index in [2.05, 4.69) is 27.3 Å². The second kappa shape index (κ2) is 11.3. The largest absolute Gasteiger partial charge is 0.459 e. The van der Waals surface area contributed by atoms with E-state index in [1.807, 2.05) is 17.0 Å². The molecule has 1 aromatic carbocycles. The zero-order valence-corrected chi connectivity index (χ0v) is 19.0. The number of hydrogen-bond donors (Lipinski definition) is 1. The number of amides is 1. The van der Waals surface area contributed by atoms with Gasteiger partial charge in [0.2, 0.25) is 0 Å². The lowest BCUT2D eigenvalue weighted by Gasteiger charge is -2.36. The van der Waals surface area contributed by atoms with Gasteiger partial charge in [0.05, 0.1) is 6.26 Å². The van der Waals surface area contributed by atoms with Gasteiger partial charge in [-0.25, -0.2) is 0 Å². The van der Waals surface area contributed by atoms with E-state index in [0.29, 0.717) is 18.8 Å². The van der Waals surface area contributed by atoms with E-state index < -0.39 is 0 Å². The molecule has 2 heterocycles. The number of guanidine groups is 1. The van der Waals surface area contributed by atoms with Crippen LogP contribution in [0.3, 0.4) is 0 Å². The summed E-state index contributed by atoms with van der Waals surface area (Å²) in [4.78, 5) is 20.7. The summed E-state index contributed by atoms with van der Waals surface area (Å²) in [7, 11) is 1.79. The summed E-state index contributed by atoms with van der Waals surface area (Å²) in [5.74, 6) is 1.23. The molecule has 1 amide bonds.